The van der Waals surface area contributed by atoms with Crippen molar-refractivity contribution in [2.24, 2.45) is 5.92 Å². The number of aromatic amines is 1. The van der Waals surface area contributed by atoms with Crippen molar-refractivity contribution in [2.45, 2.75) is 20.3 Å². The first-order chi connectivity index (χ1) is 5.65. The largest absolute Gasteiger partial charge is 0.479 e. The molecule has 1 heterocycles. The fourth-order valence-electron chi connectivity index (χ4n) is 1.02. The number of aromatic nitrogens is 2. The van der Waals surface area contributed by atoms with Gasteiger partial charge in [0, 0.05) is 0 Å². The van der Waals surface area contributed by atoms with Crippen molar-refractivity contribution in [1.29, 1.82) is 0 Å². The van der Waals surface area contributed by atoms with Crippen LogP contribution in [0.1, 0.15) is 19.5 Å². The van der Waals surface area contributed by atoms with E-state index in [1.54, 1.807) is 7.11 Å². The van der Waals surface area contributed by atoms with Crippen LogP contribution in [0.5, 0.6) is 5.88 Å². The van der Waals surface area contributed by atoms with Crippen LogP contribution in [0.3, 0.4) is 0 Å². The van der Waals surface area contributed by atoms with Gasteiger partial charge in [-0.15, -0.1) is 5.10 Å². The van der Waals surface area contributed by atoms with Crippen LogP contribution in [-0.2, 0) is 6.42 Å². The van der Waals surface area contributed by atoms with Crippen LogP contribution >= 0.6 is 15.9 Å². The number of nitrogens with zero attached hydrogens (tertiary/aromatic N) is 1. The highest BCUT2D eigenvalue weighted by Gasteiger charge is 2.11. The highest BCUT2D eigenvalue weighted by molar-refractivity contribution is 9.10. The first kappa shape index (κ1) is 9.58. The molecule has 0 unspecified atom stereocenters. The molecule has 1 aromatic rings. The van der Waals surface area contributed by atoms with Crippen LogP contribution in [0.15, 0.2) is 4.47 Å². The predicted molar refractivity (Wildman–Crippen MR) is 51.4 cm³/mol. The van der Waals surface area contributed by atoms with Gasteiger partial charge in [-0.2, -0.15) is 0 Å². The lowest BCUT2D eigenvalue weighted by atomic mass is 10.1. The van der Waals surface area contributed by atoms with Crippen LogP contribution < -0.4 is 4.74 Å². The molecule has 0 fully saturated rings. The van der Waals surface area contributed by atoms with Gasteiger partial charge in [0.25, 0.3) is 0 Å². The maximum absolute atomic E-state index is 5.02. The molecule has 0 saturated heterocycles. The molecule has 0 spiro atoms. The average Bonchev–Trinajstić information content (AvgIpc) is 2.32. The van der Waals surface area contributed by atoms with Crippen molar-refractivity contribution in [1.82, 2.24) is 10.2 Å². The molecule has 0 bridgehead atoms. The molecule has 0 radical (unpaired) electrons. The minimum Gasteiger partial charge on any atom is -0.479 e. The molecule has 0 aliphatic rings. The molecule has 0 saturated carbocycles. The van der Waals surface area contributed by atoms with Gasteiger partial charge < -0.3 is 4.74 Å². The molecule has 68 valence electrons. The van der Waals surface area contributed by atoms with E-state index in [1.807, 2.05) is 0 Å². The topological polar surface area (TPSA) is 37.9 Å². The Labute approximate surface area is 80.6 Å². The van der Waals surface area contributed by atoms with E-state index < -0.39 is 0 Å². The summed E-state index contributed by atoms with van der Waals surface area (Å²) in [6, 6.07) is 0. The second kappa shape index (κ2) is 3.94. The molecular weight excluding hydrogens is 220 g/mol. The van der Waals surface area contributed by atoms with Crippen molar-refractivity contribution in [3.63, 3.8) is 0 Å². The molecule has 4 heteroatoms. The zero-order valence-corrected chi connectivity index (χ0v) is 9.10. The molecule has 0 aliphatic carbocycles. The van der Waals surface area contributed by atoms with Gasteiger partial charge in [0.15, 0.2) is 0 Å². The summed E-state index contributed by atoms with van der Waals surface area (Å²) in [5, 5.41) is 6.93. The molecule has 1 rings (SSSR count). The van der Waals surface area contributed by atoms with Gasteiger partial charge >= 0.3 is 0 Å². The molecule has 0 amide bonds. The zero-order valence-electron chi connectivity index (χ0n) is 7.52. The number of rotatable bonds is 3. The summed E-state index contributed by atoms with van der Waals surface area (Å²) in [4.78, 5) is 0. The van der Waals surface area contributed by atoms with Crippen LogP contribution in [-0.4, -0.2) is 17.3 Å². The monoisotopic (exact) mass is 232 g/mol. The lowest BCUT2D eigenvalue weighted by molar-refractivity contribution is 0.394. The van der Waals surface area contributed by atoms with E-state index in [0.29, 0.717) is 11.8 Å². The normalized spacial score (nSPS) is 10.8. The Bertz CT molecular complexity index is 258. The fraction of sp³-hybridized carbons (Fsp3) is 0.625. The van der Waals surface area contributed by atoms with Gasteiger partial charge in [0.2, 0.25) is 5.88 Å². The maximum atomic E-state index is 5.02. The third kappa shape index (κ3) is 2.00. The third-order valence-electron chi connectivity index (χ3n) is 1.55. The van der Waals surface area contributed by atoms with Crippen molar-refractivity contribution < 1.29 is 4.74 Å². The van der Waals surface area contributed by atoms with E-state index in [-0.39, 0.29) is 0 Å². The van der Waals surface area contributed by atoms with Crippen molar-refractivity contribution in [2.75, 3.05) is 7.11 Å². The Kier molecular flexibility index (Phi) is 3.14. The molecule has 1 aromatic heterocycles. The summed E-state index contributed by atoms with van der Waals surface area (Å²) >= 11 is 3.42. The Morgan fingerprint density at radius 3 is 2.67 bits per heavy atom. The average molecular weight is 233 g/mol. The smallest absolute Gasteiger partial charge is 0.247 e. The summed E-state index contributed by atoms with van der Waals surface area (Å²) in [5.74, 6) is 1.25. The number of hydrogen-bond acceptors (Lipinski definition) is 2. The quantitative estimate of drug-likeness (QED) is 0.870. The van der Waals surface area contributed by atoms with Crippen LogP contribution in [0.2, 0.25) is 0 Å². The Morgan fingerprint density at radius 1 is 1.58 bits per heavy atom. The van der Waals surface area contributed by atoms with Gasteiger partial charge in [0.1, 0.15) is 4.47 Å². The number of nitrogens with one attached hydrogen (secondary N) is 1. The highest BCUT2D eigenvalue weighted by atomic mass is 79.9. The molecule has 1 N–H and O–H groups in total. The molecule has 3 nitrogen and oxygen atoms in total. The van der Waals surface area contributed by atoms with E-state index in [1.165, 1.54) is 0 Å². The van der Waals surface area contributed by atoms with E-state index in [9.17, 15) is 0 Å². The Balaban J connectivity index is 2.80. The Hall–Kier alpha value is -0.510. The van der Waals surface area contributed by atoms with Gasteiger partial charge in [0.05, 0.1) is 12.8 Å². The van der Waals surface area contributed by atoms with Gasteiger partial charge in [-0.05, 0) is 28.3 Å². The number of halogens is 1. The van der Waals surface area contributed by atoms with E-state index >= 15 is 0 Å². The van der Waals surface area contributed by atoms with E-state index in [2.05, 4.69) is 40.0 Å². The summed E-state index contributed by atoms with van der Waals surface area (Å²) < 4.78 is 5.96. The zero-order chi connectivity index (χ0) is 9.14. The van der Waals surface area contributed by atoms with Gasteiger partial charge in [-0.3, -0.25) is 5.10 Å². The highest BCUT2D eigenvalue weighted by Crippen LogP contribution is 2.26. The lowest BCUT2D eigenvalue weighted by Crippen LogP contribution is -1.94. The molecular formula is C8H13BrN2O. The standard InChI is InChI=1S/C8H13BrN2O/c1-5(2)4-6-7(9)8(12-3)11-10-6/h5H,4H2,1-3H3,(H,10,11). The number of hydrogen-bond donors (Lipinski definition) is 1. The minimum absolute atomic E-state index is 0.617. The summed E-state index contributed by atoms with van der Waals surface area (Å²) in [5.41, 5.74) is 1.10. The number of ether oxygens (including phenoxy) is 1. The van der Waals surface area contributed by atoms with Crippen LogP contribution in [0.4, 0.5) is 0 Å². The minimum atomic E-state index is 0.617. The fourth-order valence-corrected chi connectivity index (χ4v) is 1.53. The summed E-state index contributed by atoms with van der Waals surface area (Å²) in [6.07, 6.45) is 0.983. The lowest BCUT2D eigenvalue weighted by Gasteiger charge is -2.01. The third-order valence-corrected chi connectivity index (χ3v) is 2.37. The van der Waals surface area contributed by atoms with Crippen molar-refractivity contribution >= 4 is 15.9 Å². The maximum Gasteiger partial charge on any atom is 0.247 e. The second-order valence-corrected chi connectivity index (χ2v) is 3.92. The van der Waals surface area contributed by atoms with Gasteiger partial charge in [-0.1, -0.05) is 13.8 Å². The number of methoxy groups -OCH3 is 1. The summed E-state index contributed by atoms with van der Waals surface area (Å²) in [7, 11) is 1.61. The van der Waals surface area contributed by atoms with Crippen LogP contribution in [0, 0.1) is 5.92 Å². The first-order valence-electron chi connectivity index (χ1n) is 3.92. The van der Waals surface area contributed by atoms with E-state index in [0.717, 1.165) is 16.6 Å². The van der Waals surface area contributed by atoms with Gasteiger partial charge in [-0.25, -0.2) is 0 Å². The van der Waals surface area contributed by atoms with E-state index in [4.69, 9.17) is 4.74 Å². The molecule has 0 aliphatic heterocycles. The Morgan fingerprint density at radius 2 is 2.25 bits per heavy atom. The SMILES string of the molecule is COc1n[nH]c(CC(C)C)c1Br. The van der Waals surface area contributed by atoms with Crippen LogP contribution in [0.25, 0.3) is 0 Å². The van der Waals surface area contributed by atoms with Crippen molar-refractivity contribution in [3.05, 3.63) is 10.2 Å². The first-order valence-corrected chi connectivity index (χ1v) is 4.71. The number of H-pyrrole nitrogens is 1. The summed E-state index contributed by atoms with van der Waals surface area (Å²) in [6.45, 7) is 4.33. The predicted octanol–water partition coefficient (Wildman–Crippen LogP) is 2.38. The molecule has 0 atom stereocenters. The van der Waals surface area contributed by atoms with Crippen molar-refractivity contribution in [3.8, 4) is 5.88 Å². The molecule has 0 aromatic carbocycles. The molecule has 12 heavy (non-hydrogen) atoms. The second-order valence-electron chi connectivity index (χ2n) is 3.12.